The molecule has 5 saturated heterocycles. The highest BCUT2D eigenvalue weighted by Crippen LogP contribution is 2.74. The Morgan fingerprint density at radius 1 is 0.513 bits per heavy atom. The lowest BCUT2D eigenvalue weighted by molar-refractivity contribution is -0.401. The molecule has 0 amide bonds. The molecule has 17 N–H and O–H groups in total. The van der Waals surface area contributed by atoms with E-state index in [2.05, 4.69) is 13.5 Å². The molecule has 9 aliphatic rings. The van der Waals surface area contributed by atoms with Crippen LogP contribution in [0.5, 0.6) is 0 Å². The molecule has 0 aromatic rings. The van der Waals surface area contributed by atoms with Crippen molar-refractivity contribution in [2.45, 2.75) is 231 Å². The van der Waals surface area contributed by atoms with E-state index in [9.17, 15) is 91.6 Å². The van der Waals surface area contributed by atoms with Gasteiger partial charge in [0.2, 0.25) is 6.29 Å². The summed E-state index contributed by atoms with van der Waals surface area (Å²) >= 11 is 0. The molecule has 9 rings (SSSR count). The molecule has 2 bridgehead atoms. The van der Waals surface area contributed by atoms with Gasteiger partial charge in [0.1, 0.15) is 122 Å². The standard InChI is InChI=1S/C50H80O28/c1-18-11-49-9-5-24-47(2,7-4-8-48(24,3)46(68)77-44-38(67)33(62)28(57)21(14-53)72-44)25(49)6-10-50(18,17-49)78-45-40(39(30(59)22(15-54)73-45)75-42-36(65)32(61)27(56)20(13-52)71-42)76-43-37(66)34(63)29(58)23(74-43)16-69-41-35(64)31(60)26(55)19(12-51)70-41/h19-45,51-67H,1,4-17H2,2-3H3/t19-,20-,21-,22-,23-,24+,25+,26-,27-,28-,29-,30-,31+,32+,33+,34+,35-,36-,37-,38-,39+,40-,41-,42+,43+,44+,45+,47-,48-,49-,50+/m1/s1. The van der Waals surface area contributed by atoms with Gasteiger partial charge in [-0.2, -0.15) is 0 Å². The molecular formula is C50H80O28. The van der Waals surface area contributed by atoms with Crippen molar-refractivity contribution in [2.75, 3.05) is 33.0 Å². The van der Waals surface area contributed by atoms with Crippen LogP contribution in [-0.4, -0.2) is 285 Å². The lowest BCUT2D eigenvalue weighted by Crippen LogP contribution is -2.68. The van der Waals surface area contributed by atoms with E-state index in [0.29, 0.717) is 56.9 Å². The Morgan fingerprint density at radius 3 is 1.53 bits per heavy atom. The van der Waals surface area contributed by atoms with E-state index in [4.69, 9.17) is 47.4 Å². The maximum absolute atomic E-state index is 14.4. The minimum Gasteiger partial charge on any atom is -0.432 e. The van der Waals surface area contributed by atoms with E-state index in [-0.39, 0.29) is 11.8 Å². The second-order valence-corrected chi connectivity index (χ2v) is 23.7. The number of aliphatic hydroxyl groups excluding tert-OH is 17. The molecular weight excluding hydrogens is 1050 g/mol. The number of rotatable bonds is 15. The van der Waals surface area contributed by atoms with Crippen LogP contribution in [0.2, 0.25) is 0 Å². The van der Waals surface area contributed by atoms with E-state index < -0.39 is 214 Å². The van der Waals surface area contributed by atoms with Crippen LogP contribution >= 0.6 is 0 Å². The van der Waals surface area contributed by atoms with Gasteiger partial charge in [-0.1, -0.05) is 19.9 Å². The van der Waals surface area contributed by atoms with Gasteiger partial charge in [-0.25, -0.2) is 0 Å². The minimum absolute atomic E-state index is 0.0335. The van der Waals surface area contributed by atoms with Crippen LogP contribution in [0, 0.1) is 28.1 Å². The number of hydrogen-bond donors (Lipinski definition) is 17. The van der Waals surface area contributed by atoms with E-state index in [1.54, 1.807) is 0 Å². The smallest absolute Gasteiger partial charge is 0.314 e. The highest BCUT2D eigenvalue weighted by molar-refractivity contribution is 5.77. The van der Waals surface area contributed by atoms with Crippen LogP contribution < -0.4 is 0 Å². The molecule has 0 unspecified atom stereocenters. The van der Waals surface area contributed by atoms with Crippen molar-refractivity contribution in [2.24, 2.45) is 28.1 Å². The summed E-state index contributed by atoms with van der Waals surface area (Å²) in [5.41, 5.74) is -2.64. The van der Waals surface area contributed by atoms with Crippen LogP contribution in [0.25, 0.3) is 0 Å². The molecule has 31 atom stereocenters. The Balaban J connectivity index is 0.983. The quantitative estimate of drug-likeness (QED) is 0.0411. The van der Waals surface area contributed by atoms with Gasteiger partial charge in [-0.15, -0.1) is 0 Å². The summed E-state index contributed by atoms with van der Waals surface area (Å²) in [5.74, 6) is -0.942. The lowest BCUT2D eigenvalue weighted by Gasteiger charge is -2.64. The van der Waals surface area contributed by atoms with E-state index in [0.717, 1.165) is 6.42 Å². The molecule has 0 aromatic heterocycles. The molecule has 448 valence electrons. The van der Waals surface area contributed by atoms with Gasteiger partial charge in [-0.05, 0) is 86.5 Å². The van der Waals surface area contributed by atoms with Crippen LogP contribution in [0.1, 0.15) is 71.6 Å². The zero-order valence-electron chi connectivity index (χ0n) is 43.3. The molecule has 28 heteroatoms. The Morgan fingerprint density at radius 2 is 0.962 bits per heavy atom. The van der Waals surface area contributed by atoms with Gasteiger partial charge in [0.05, 0.1) is 44.1 Å². The predicted octanol–water partition coefficient (Wildman–Crippen LogP) is -7.29. The van der Waals surface area contributed by atoms with Crippen LogP contribution in [0.3, 0.4) is 0 Å². The largest absolute Gasteiger partial charge is 0.432 e. The van der Waals surface area contributed by atoms with Crippen molar-refractivity contribution in [3.05, 3.63) is 12.2 Å². The maximum atomic E-state index is 14.4. The summed E-state index contributed by atoms with van der Waals surface area (Å²) in [6.45, 7) is 4.51. The fourth-order valence-electron chi connectivity index (χ4n) is 14.9. The minimum atomic E-state index is -2.10. The van der Waals surface area contributed by atoms with E-state index in [1.807, 2.05) is 6.92 Å². The van der Waals surface area contributed by atoms with Gasteiger partial charge in [0.15, 0.2) is 25.2 Å². The van der Waals surface area contributed by atoms with Gasteiger partial charge in [-0.3, -0.25) is 4.79 Å². The second kappa shape index (κ2) is 23.3. The van der Waals surface area contributed by atoms with Gasteiger partial charge < -0.3 is 134 Å². The van der Waals surface area contributed by atoms with Gasteiger partial charge in [0.25, 0.3) is 0 Å². The van der Waals surface area contributed by atoms with Crippen molar-refractivity contribution in [3.63, 3.8) is 0 Å². The normalized spacial score (nSPS) is 54.5. The summed E-state index contributed by atoms with van der Waals surface area (Å²) < 4.78 is 59.9. The Labute approximate surface area is 448 Å². The first kappa shape index (κ1) is 60.8. The molecule has 4 saturated carbocycles. The summed E-state index contributed by atoms with van der Waals surface area (Å²) in [4.78, 5) is 14.4. The zero-order chi connectivity index (χ0) is 56.7. The van der Waals surface area contributed by atoms with Crippen molar-refractivity contribution in [1.29, 1.82) is 0 Å². The third kappa shape index (κ3) is 10.4. The third-order valence-corrected chi connectivity index (χ3v) is 19.2. The first-order valence-electron chi connectivity index (χ1n) is 26.9. The average Bonchev–Trinajstić information content (AvgIpc) is 3.85. The third-order valence-electron chi connectivity index (χ3n) is 19.2. The molecule has 78 heavy (non-hydrogen) atoms. The second-order valence-electron chi connectivity index (χ2n) is 23.7. The number of ether oxygens (including phenoxy) is 10. The molecule has 9 fully saturated rings. The molecule has 0 radical (unpaired) electrons. The lowest BCUT2D eigenvalue weighted by atomic mass is 9.41. The predicted molar refractivity (Wildman–Crippen MR) is 252 cm³/mol. The summed E-state index contributed by atoms with van der Waals surface area (Å²) in [6, 6.07) is 0. The van der Waals surface area contributed by atoms with Gasteiger partial charge >= 0.3 is 5.97 Å². The van der Waals surface area contributed by atoms with Crippen molar-refractivity contribution >= 4 is 5.97 Å². The zero-order valence-corrected chi connectivity index (χ0v) is 43.3. The van der Waals surface area contributed by atoms with Crippen molar-refractivity contribution < 1.29 is 139 Å². The Bertz CT molecular complexity index is 2070. The summed E-state index contributed by atoms with van der Waals surface area (Å²) in [7, 11) is 0. The molecule has 1 spiro atoms. The number of fused-ring (bicyclic) bond motifs is 3. The van der Waals surface area contributed by atoms with Crippen LogP contribution in [0.15, 0.2) is 12.2 Å². The van der Waals surface area contributed by atoms with E-state index in [1.165, 1.54) is 0 Å². The van der Waals surface area contributed by atoms with Crippen LogP contribution in [0.4, 0.5) is 0 Å². The first-order chi connectivity index (χ1) is 36.8. The highest BCUT2D eigenvalue weighted by Gasteiger charge is 2.70. The fourth-order valence-corrected chi connectivity index (χ4v) is 14.9. The number of carbonyl (C=O) groups excluding carboxylic acids is 1. The van der Waals surface area contributed by atoms with Crippen LogP contribution in [-0.2, 0) is 52.2 Å². The molecule has 4 aliphatic carbocycles. The summed E-state index contributed by atoms with van der Waals surface area (Å²) in [5, 5.41) is 181. The maximum Gasteiger partial charge on any atom is 0.314 e. The molecule has 5 heterocycles. The van der Waals surface area contributed by atoms with Gasteiger partial charge in [0, 0.05) is 0 Å². The van der Waals surface area contributed by atoms with Crippen molar-refractivity contribution in [1.82, 2.24) is 0 Å². The number of aliphatic hydroxyl groups is 17. The monoisotopic (exact) mass is 1130 g/mol. The van der Waals surface area contributed by atoms with Crippen molar-refractivity contribution in [3.8, 4) is 0 Å². The number of carbonyl (C=O) groups is 1. The first-order valence-corrected chi connectivity index (χ1v) is 26.9. The highest BCUT2D eigenvalue weighted by atomic mass is 16.8. The summed E-state index contributed by atoms with van der Waals surface area (Å²) in [6.07, 6.45) is -40.0. The SMILES string of the molecule is C=C1C[C@@]23CC[C@H]4[C@@](C)(CCC[C@@]4(C)C(=O)O[C@@H]4O[C@H](CO)[C@@H](O)[C@H](O)[C@H]4O)[C@@H]2CC[C@]1(O[C@@H]1O[C@H](CO)[C@@H](O)[C@H](O[C@@H]2O[C@H](CO)[C@@H](O)[C@H](O)[C@H]2O)[C@H]1O[C@@H]1O[C@H](CO[C@@H]2O[C@H](CO)[C@@H](O)[C@H](O)[C@H]2O)[C@@H](O)[C@H](O)[C@H]1O)C3. The molecule has 28 nitrogen and oxygen atoms in total. The topological polar surface area (TPSA) is 453 Å². The average molecular weight is 1130 g/mol. The number of hydrogen-bond acceptors (Lipinski definition) is 28. The number of esters is 1. The molecule has 0 aromatic carbocycles. The van der Waals surface area contributed by atoms with E-state index >= 15 is 0 Å². The Kier molecular flexibility index (Phi) is 18.2. The molecule has 5 aliphatic heterocycles. The Hall–Kier alpha value is -1.83. The fraction of sp³-hybridized carbons (Fsp3) is 0.940.